The summed E-state index contributed by atoms with van der Waals surface area (Å²) in [5.74, 6) is -0.416. The molecule has 1 aromatic heterocycles. The van der Waals surface area contributed by atoms with E-state index < -0.39 is 16.4 Å². The van der Waals surface area contributed by atoms with Crippen LogP contribution in [0.1, 0.15) is 5.56 Å². The summed E-state index contributed by atoms with van der Waals surface area (Å²) in [6, 6.07) is 11.8. The molecule has 0 spiro atoms. The van der Waals surface area contributed by atoms with E-state index in [2.05, 4.69) is 25.7 Å². The number of aromatic hydroxyl groups is 1. The topological polar surface area (TPSA) is 126 Å². The molecular weight excluding hydrogens is 360 g/mol. The van der Waals surface area contributed by atoms with Crippen molar-refractivity contribution in [2.24, 2.45) is 5.10 Å². The Morgan fingerprint density at radius 3 is 2.77 bits per heavy atom. The third-order valence-electron chi connectivity index (χ3n) is 3.28. The minimum absolute atomic E-state index is 0.0730. The molecule has 0 saturated heterocycles. The Morgan fingerprint density at radius 1 is 1.27 bits per heavy atom. The molecule has 0 aliphatic rings. The van der Waals surface area contributed by atoms with Gasteiger partial charge in [0.2, 0.25) is 5.75 Å². The second kappa shape index (κ2) is 7.53. The van der Waals surface area contributed by atoms with Crippen LogP contribution < -0.4 is 5.43 Å². The van der Waals surface area contributed by atoms with E-state index in [-0.39, 0.29) is 16.5 Å². The molecule has 1 heterocycles. The molecule has 0 atom stereocenters. The van der Waals surface area contributed by atoms with Crippen LogP contribution in [-0.2, 0) is 0 Å². The fraction of sp³-hybridized carbons (Fsp3) is 0. The predicted molar refractivity (Wildman–Crippen MR) is 96.3 cm³/mol. The van der Waals surface area contributed by atoms with E-state index in [0.717, 1.165) is 11.6 Å². The Hall–Kier alpha value is -3.59. The van der Waals surface area contributed by atoms with Crippen LogP contribution in [0.2, 0.25) is 5.02 Å². The minimum Gasteiger partial charge on any atom is -0.502 e. The fourth-order valence-electron chi connectivity index (χ4n) is 2.10. The molecule has 3 rings (SSSR count). The van der Waals surface area contributed by atoms with Crippen molar-refractivity contribution in [1.29, 1.82) is 0 Å². The van der Waals surface area contributed by atoms with E-state index in [1.807, 2.05) is 30.3 Å². The number of nitro benzene ring substituents is 1. The lowest BCUT2D eigenvalue weighted by Gasteiger charge is -2.03. The molecule has 0 radical (unpaired) electrons. The third kappa shape index (κ3) is 3.90. The van der Waals surface area contributed by atoms with Crippen LogP contribution in [0.3, 0.4) is 0 Å². The standard InChI is InChI=1S/C16H11ClN6O3/c17-12-6-11(15(24)14(7-12)23(25)26)8-18-21-16-20-13(9-19-22-16)10-4-2-1-3-5-10/h1-9,24H,(H,20,21,22)/b18-8-. The number of halogens is 1. The first-order chi connectivity index (χ1) is 12.5. The molecule has 0 aliphatic heterocycles. The van der Waals surface area contributed by atoms with Crippen LogP contribution in [0.25, 0.3) is 11.3 Å². The van der Waals surface area contributed by atoms with Gasteiger partial charge in [-0.2, -0.15) is 10.2 Å². The summed E-state index contributed by atoms with van der Waals surface area (Å²) in [6.07, 6.45) is 2.68. The maximum Gasteiger partial charge on any atom is 0.312 e. The van der Waals surface area contributed by atoms with Gasteiger partial charge in [0.15, 0.2) is 0 Å². The number of hydrogen-bond acceptors (Lipinski definition) is 8. The van der Waals surface area contributed by atoms with Crippen molar-refractivity contribution < 1.29 is 10.0 Å². The van der Waals surface area contributed by atoms with Crippen molar-refractivity contribution >= 4 is 29.5 Å². The molecule has 26 heavy (non-hydrogen) atoms. The number of phenolic OH excluding ortho intramolecular Hbond substituents is 1. The zero-order valence-corrected chi connectivity index (χ0v) is 13.8. The minimum atomic E-state index is -0.734. The molecule has 0 aliphatic carbocycles. The molecule has 9 nitrogen and oxygen atoms in total. The molecule has 130 valence electrons. The summed E-state index contributed by atoms with van der Waals surface area (Å²) in [5.41, 5.74) is 3.58. The predicted octanol–water partition coefficient (Wildman–Crippen LogP) is 3.25. The monoisotopic (exact) mass is 370 g/mol. The lowest BCUT2D eigenvalue weighted by atomic mass is 10.2. The molecule has 3 aromatic rings. The van der Waals surface area contributed by atoms with Gasteiger partial charge < -0.3 is 5.11 Å². The molecule has 2 N–H and O–H groups in total. The second-order valence-electron chi connectivity index (χ2n) is 5.02. The van der Waals surface area contributed by atoms with Gasteiger partial charge in [0.25, 0.3) is 5.95 Å². The number of aromatic nitrogens is 3. The van der Waals surface area contributed by atoms with Crippen molar-refractivity contribution in [3.8, 4) is 17.0 Å². The van der Waals surface area contributed by atoms with Crippen molar-refractivity contribution in [3.05, 3.63) is 69.4 Å². The molecule has 2 aromatic carbocycles. The zero-order chi connectivity index (χ0) is 18.5. The normalized spacial score (nSPS) is 10.8. The average Bonchev–Trinajstić information content (AvgIpc) is 2.65. The Kier molecular flexibility index (Phi) is 4.99. The first kappa shape index (κ1) is 17.2. The van der Waals surface area contributed by atoms with E-state index >= 15 is 0 Å². The van der Waals surface area contributed by atoms with Gasteiger partial charge in [-0.05, 0) is 6.07 Å². The first-order valence-corrected chi connectivity index (χ1v) is 7.63. The van der Waals surface area contributed by atoms with Gasteiger partial charge >= 0.3 is 5.69 Å². The van der Waals surface area contributed by atoms with Gasteiger partial charge in [-0.25, -0.2) is 10.4 Å². The van der Waals surface area contributed by atoms with Gasteiger partial charge in [0, 0.05) is 22.2 Å². The molecular formula is C16H11ClN6O3. The molecule has 0 bridgehead atoms. The zero-order valence-electron chi connectivity index (χ0n) is 13.1. The number of anilines is 1. The summed E-state index contributed by atoms with van der Waals surface area (Å²) in [4.78, 5) is 14.4. The highest BCUT2D eigenvalue weighted by Crippen LogP contribution is 2.32. The second-order valence-corrected chi connectivity index (χ2v) is 5.46. The molecule has 0 saturated carbocycles. The summed E-state index contributed by atoms with van der Waals surface area (Å²) >= 11 is 5.82. The summed E-state index contributed by atoms with van der Waals surface area (Å²) in [6.45, 7) is 0. The van der Waals surface area contributed by atoms with Crippen molar-refractivity contribution in [2.45, 2.75) is 0 Å². The van der Waals surface area contributed by atoms with Gasteiger partial charge in [-0.15, -0.1) is 5.10 Å². The van der Waals surface area contributed by atoms with E-state index in [1.54, 1.807) is 0 Å². The van der Waals surface area contributed by atoms with Crippen LogP contribution >= 0.6 is 11.6 Å². The Labute approximate surface area is 152 Å². The number of phenols is 1. The quantitative estimate of drug-likeness (QED) is 0.401. The van der Waals surface area contributed by atoms with Crippen LogP contribution in [0, 0.1) is 10.1 Å². The maximum atomic E-state index is 10.9. The summed E-state index contributed by atoms with van der Waals surface area (Å²) in [5, 5.41) is 32.4. The number of nitrogens with one attached hydrogen (secondary N) is 1. The highest BCUT2D eigenvalue weighted by atomic mass is 35.5. The van der Waals surface area contributed by atoms with E-state index in [0.29, 0.717) is 5.69 Å². The number of nitrogens with zero attached hydrogens (tertiary/aromatic N) is 5. The van der Waals surface area contributed by atoms with Crippen molar-refractivity contribution in [2.75, 3.05) is 5.43 Å². The van der Waals surface area contributed by atoms with Crippen LogP contribution in [0.15, 0.2) is 53.8 Å². The van der Waals surface area contributed by atoms with Gasteiger partial charge in [-0.1, -0.05) is 41.9 Å². The lowest BCUT2D eigenvalue weighted by molar-refractivity contribution is -0.385. The maximum absolute atomic E-state index is 10.9. The third-order valence-corrected chi connectivity index (χ3v) is 3.50. The highest BCUT2D eigenvalue weighted by molar-refractivity contribution is 6.31. The first-order valence-electron chi connectivity index (χ1n) is 7.25. The lowest BCUT2D eigenvalue weighted by Crippen LogP contribution is -2.00. The molecule has 10 heteroatoms. The Balaban J connectivity index is 1.81. The van der Waals surface area contributed by atoms with Crippen LogP contribution in [-0.4, -0.2) is 31.4 Å². The van der Waals surface area contributed by atoms with Crippen molar-refractivity contribution in [1.82, 2.24) is 15.2 Å². The number of hydrogen-bond donors (Lipinski definition) is 2. The number of hydrazone groups is 1. The van der Waals surface area contributed by atoms with E-state index in [1.165, 1.54) is 18.5 Å². The largest absolute Gasteiger partial charge is 0.502 e. The number of rotatable bonds is 5. The van der Waals surface area contributed by atoms with E-state index in [4.69, 9.17) is 11.6 Å². The summed E-state index contributed by atoms with van der Waals surface area (Å²) in [7, 11) is 0. The smallest absolute Gasteiger partial charge is 0.312 e. The SMILES string of the molecule is O=[N+]([O-])c1cc(Cl)cc(/C=N\Nc2nncc(-c3ccccc3)n2)c1O. The Bertz CT molecular complexity index is 981. The van der Waals surface area contributed by atoms with Gasteiger partial charge in [0.05, 0.1) is 23.0 Å². The fourth-order valence-corrected chi connectivity index (χ4v) is 2.32. The number of nitro groups is 1. The van der Waals surface area contributed by atoms with Crippen molar-refractivity contribution in [3.63, 3.8) is 0 Å². The highest BCUT2D eigenvalue weighted by Gasteiger charge is 2.17. The van der Waals surface area contributed by atoms with E-state index in [9.17, 15) is 15.2 Å². The summed E-state index contributed by atoms with van der Waals surface area (Å²) < 4.78 is 0. The average molecular weight is 371 g/mol. The van der Waals surface area contributed by atoms with Crippen LogP contribution in [0.4, 0.5) is 11.6 Å². The molecule has 0 unspecified atom stereocenters. The molecule has 0 fully saturated rings. The van der Waals surface area contributed by atoms with Crippen LogP contribution in [0.5, 0.6) is 5.75 Å². The van der Waals surface area contributed by atoms with Gasteiger partial charge in [-0.3, -0.25) is 10.1 Å². The molecule has 0 amide bonds. The number of benzene rings is 2. The Morgan fingerprint density at radius 2 is 2.04 bits per heavy atom. The van der Waals surface area contributed by atoms with Gasteiger partial charge in [0.1, 0.15) is 0 Å².